The lowest BCUT2D eigenvalue weighted by Gasteiger charge is -2.22. The number of allylic oxidation sites excluding steroid dienone is 1. The van der Waals surface area contributed by atoms with E-state index in [-0.39, 0.29) is 23.7 Å². The number of nitrogens with zero attached hydrogens (tertiary/aromatic N) is 1. The second kappa shape index (κ2) is 10.9. The van der Waals surface area contributed by atoms with Gasteiger partial charge in [-0.25, -0.2) is 0 Å². The summed E-state index contributed by atoms with van der Waals surface area (Å²) < 4.78 is 0. The van der Waals surface area contributed by atoms with E-state index in [0.717, 1.165) is 24.2 Å². The number of rotatable bonds is 9. The van der Waals surface area contributed by atoms with E-state index in [1.165, 1.54) is 5.56 Å². The molecule has 2 aromatic carbocycles. The van der Waals surface area contributed by atoms with Crippen LogP contribution in [-0.4, -0.2) is 33.6 Å². The molecule has 0 radical (unpaired) electrons. The molecule has 1 saturated heterocycles. The molecule has 168 valence electrons. The van der Waals surface area contributed by atoms with Gasteiger partial charge in [0.2, 0.25) is 0 Å². The van der Waals surface area contributed by atoms with Crippen molar-refractivity contribution in [2.45, 2.75) is 58.4 Å². The van der Waals surface area contributed by atoms with Gasteiger partial charge in [-0.1, -0.05) is 68.8 Å². The van der Waals surface area contributed by atoms with E-state index in [2.05, 4.69) is 12.1 Å². The van der Waals surface area contributed by atoms with Gasteiger partial charge >= 0.3 is 0 Å². The Bertz CT molecular complexity index is 979. The molecule has 0 saturated carbocycles. The smallest absolute Gasteiger partial charge is 0.268 e. The van der Waals surface area contributed by atoms with Gasteiger partial charge in [-0.2, -0.15) is 0 Å². The Morgan fingerprint density at radius 1 is 0.938 bits per heavy atom. The van der Waals surface area contributed by atoms with Crippen molar-refractivity contribution in [1.82, 2.24) is 4.90 Å². The zero-order valence-electron chi connectivity index (χ0n) is 18.8. The number of amides is 2. The number of benzene rings is 2. The monoisotopic (exact) mass is 433 g/mol. The number of Topliss-reactive ketones (excluding diaryl/α,β-unsaturated/α-hetero) is 1. The first-order chi connectivity index (χ1) is 15.4. The van der Waals surface area contributed by atoms with Crippen LogP contribution in [0.25, 0.3) is 0 Å². The fraction of sp³-hybridized carbons (Fsp3) is 0.370. The van der Waals surface area contributed by atoms with Crippen LogP contribution in [0.2, 0.25) is 0 Å². The Labute approximate surface area is 189 Å². The van der Waals surface area contributed by atoms with Gasteiger partial charge in [-0.15, -0.1) is 0 Å². The van der Waals surface area contributed by atoms with Crippen molar-refractivity contribution in [1.29, 1.82) is 0 Å². The SMILES string of the molecule is CC(C)CC1C(=O)/C(=C(/O)CCCCCc2ccccc2)C(=O)N1C(=O)c1ccccc1. The van der Waals surface area contributed by atoms with E-state index in [1.54, 1.807) is 30.3 Å². The number of hydrogen-bond donors (Lipinski definition) is 1. The van der Waals surface area contributed by atoms with Gasteiger partial charge in [0.15, 0.2) is 5.78 Å². The van der Waals surface area contributed by atoms with E-state index in [1.807, 2.05) is 32.0 Å². The Hall–Kier alpha value is -3.21. The first-order valence-corrected chi connectivity index (χ1v) is 11.3. The summed E-state index contributed by atoms with van der Waals surface area (Å²) in [6.45, 7) is 3.88. The maximum atomic E-state index is 13.1. The minimum atomic E-state index is -0.870. The molecule has 0 aliphatic carbocycles. The molecule has 1 aliphatic rings. The van der Waals surface area contributed by atoms with Crippen LogP contribution in [-0.2, 0) is 16.0 Å². The molecular weight excluding hydrogens is 402 g/mol. The van der Waals surface area contributed by atoms with Crippen LogP contribution < -0.4 is 0 Å². The van der Waals surface area contributed by atoms with E-state index >= 15 is 0 Å². The van der Waals surface area contributed by atoms with E-state index in [9.17, 15) is 19.5 Å². The molecule has 2 amide bonds. The van der Waals surface area contributed by atoms with Gasteiger partial charge in [0.1, 0.15) is 17.4 Å². The Balaban J connectivity index is 1.70. The number of unbranched alkanes of at least 4 members (excludes halogenated alkanes) is 2. The van der Waals surface area contributed by atoms with Crippen LogP contribution in [0.15, 0.2) is 72.0 Å². The molecule has 1 fully saturated rings. The third-order valence-corrected chi connectivity index (χ3v) is 5.74. The van der Waals surface area contributed by atoms with Crippen LogP contribution in [0, 0.1) is 5.92 Å². The molecule has 0 aromatic heterocycles. The van der Waals surface area contributed by atoms with Crippen molar-refractivity contribution < 1.29 is 19.5 Å². The van der Waals surface area contributed by atoms with Crippen molar-refractivity contribution in [2.75, 3.05) is 0 Å². The molecule has 1 N–H and O–H groups in total. The first kappa shape index (κ1) is 23.5. The predicted molar refractivity (Wildman–Crippen MR) is 124 cm³/mol. The first-order valence-electron chi connectivity index (χ1n) is 11.3. The molecule has 5 heteroatoms. The third kappa shape index (κ3) is 5.52. The number of hydrogen-bond acceptors (Lipinski definition) is 4. The summed E-state index contributed by atoms with van der Waals surface area (Å²) in [5.41, 5.74) is 1.40. The van der Waals surface area contributed by atoms with Gasteiger partial charge in [0, 0.05) is 12.0 Å². The molecule has 1 atom stereocenters. The second-order valence-electron chi connectivity index (χ2n) is 8.72. The third-order valence-electron chi connectivity index (χ3n) is 5.74. The summed E-state index contributed by atoms with van der Waals surface area (Å²) in [5, 5.41) is 10.6. The lowest BCUT2D eigenvalue weighted by Crippen LogP contribution is -2.41. The Morgan fingerprint density at radius 3 is 2.19 bits per heavy atom. The van der Waals surface area contributed by atoms with E-state index in [4.69, 9.17) is 0 Å². The highest BCUT2D eigenvalue weighted by molar-refractivity contribution is 6.31. The van der Waals surface area contributed by atoms with E-state index in [0.29, 0.717) is 18.4 Å². The lowest BCUT2D eigenvalue weighted by atomic mass is 9.97. The molecule has 0 bridgehead atoms. The largest absolute Gasteiger partial charge is 0.511 e. The van der Waals surface area contributed by atoms with Crippen LogP contribution >= 0.6 is 0 Å². The maximum Gasteiger partial charge on any atom is 0.268 e. The number of aliphatic hydroxyl groups is 1. The number of carbonyl (C=O) groups is 3. The van der Waals surface area contributed by atoms with Gasteiger partial charge < -0.3 is 5.11 Å². The van der Waals surface area contributed by atoms with Crippen LogP contribution in [0.5, 0.6) is 0 Å². The topological polar surface area (TPSA) is 74.7 Å². The summed E-state index contributed by atoms with van der Waals surface area (Å²) in [6, 6.07) is 17.8. The molecule has 0 spiro atoms. The Kier molecular flexibility index (Phi) is 7.98. The highest BCUT2D eigenvalue weighted by atomic mass is 16.3. The number of carbonyl (C=O) groups excluding carboxylic acids is 3. The molecule has 3 rings (SSSR count). The Morgan fingerprint density at radius 2 is 1.56 bits per heavy atom. The number of aliphatic hydroxyl groups excluding tert-OH is 1. The van der Waals surface area contributed by atoms with Crippen LogP contribution in [0.4, 0.5) is 0 Å². The lowest BCUT2D eigenvalue weighted by molar-refractivity contribution is -0.124. The zero-order valence-corrected chi connectivity index (χ0v) is 18.8. The fourth-order valence-corrected chi connectivity index (χ4v) is 4.10. The summed E-state index contributed by atoms with van der Waals surface area (Å²) in [7, 11) is 0. The summed E-state index contributed by atoms with van der Waals surface area (Å²) in [5.74, 6) is -1.72. The standard InChI is InChI=1S/C27H31NO4/c1-19(2)18-22-25(30)24(27(32)28(22)26(31)21-15-9-5-10-16-21)23(29)17-11-4-8-14-20-12-6-3-7-13-20/h3,5-7,9-10,12-13,15-16,19,22,29H,4,8,11,14,17-18H2,1-2H3/b24-23-. The highest BCUT2D eigenvalue weighted by Gasteiger charge is 2.48. The van der Waals surface area contributed by atoms with E-state index < -0.39 is 23.6 Å². The average molecular weight is 434 g/mol. The van der Waals surface area contributed by atoms with Crippen molar-refractivity contribution >= 4 is 17.6 Å². The second-order valence-corrected chi connectivity index (χ2v) is 8.72. The summed E-state index contributed by atoms with van der Waals surface area (Å²) in [4.78, 5) is 40.3. The number of ketones is 1. The minimum Gasteiger partial charge on any atom is -0.511 e. The zero-order chi connectivity index (χ0) is 23.1. The van der Waals surface area contributed by atoms with Gasteiger partial charge in [0.05, 0.1) is 0 Å². The van der Waals surface area contributed by atoms with Crippen molar-refractivity contribution in [2.24, 2.45) is 5.92 Å². The van der Waals surface area contributed by atoms with Crippen LogP contribution in [0.1, 0.15) is 61.9 Å². The van der Waals surface area contributed by atoms with Crippen molar-refractivity contribution in [3.05, 3.63) is 83.1 Å². The number of likely N-dealkylation sites (tertiary alicyclic amines) is 1. The molecule has 5 nitrogen and oxygen atoms in total. The molecule has 2 aromatic rings. The molecule has 1 heterocycles. The molecular formula is C27H31NO4. The molecule has 32 heavy (non-hydrogen) atoms. The quantitative estimate of drug-likeness (QED) is 0.192. The minimum absolute atomic E-state index is 0.113. The van der Waals surface area contributed by atoms with Crippen LogP contribution in [0.3, 0.4) is 0 Å². The van der Waals surface area contributed by atoms with Gasteiger partial charge in [-0.05, 0) is 49.3 Å². The average Bonchev–Trinajstić information content (AvgIpc) is 3.03. The molecule has 1 unspecified atom stereocenters. The summed E-state index contributed by atoms with van der Waals surface area (Å²) >= 11 is 0. The number of aryl methyl sites for hydroxylation is 1. The van der Waals surface area contributed by atoms with Crippen molar-refractivity contribution in [3.63, 3.8) is 0 Å². The normalized spacial score (nSPS) is 17.8. The highest BCUT2D eigenvalue weighted by Crippen LogP contribution is 2.30. The summed E-state index contributed by atoms with van der Waals surface area (Å²) in [6.07, 6.45) is 4.08. The fourth-order valence-electron chi connectivity index (χ4n) is 4.10. The predicted octanol–water partition coefficient (Wildman–Crippen LogP) is 5.27. The number of imide groups is 1. The van der Waals surface area contributed by atoms with Gasteiger partial charge in [0.25, 0.3) is 11.8 Å². The molecule has 1 aliphatic heterocycles. The van der Waals surface area contributed by atoms with Gasteiger partial charge in [-0.3, -0.25) is 19.3 Å². The van der Waals surface area contributed by atoms with Crippen molar-refractivity contribution in [3.8, 4) is 0 Å². The maximum absolute atomic E-state index is 13.1.